The Morgan fingerprint density at radius 2 is 1.30 bits per heavy atom. The molecule has 127 heavy (non-hydrogen) atoms. The number of aromatic nitrogens is 21. The highest BCUT2D eigenvalue weighted by Crippen LogP contribution is 2.25. The molecular formula is C86H96N30O11. The summed E-state index contributed by atoms with van der Waals surface area (Å²) in [5.74, 6) is 8.35. The van der Waals surface area contributed by atoms with E-state index in [0.717, 1.165) is 106 Å². The summed E-state index contributed by atoms with van der Waals surface area (Å²) >= 11 is 0. The molecular weight excluding hydrogens is 1630 g/mol. The van der Waals surface area contributed by atoms with Crippen LogP contribution in [0.1, 0.15) is 46.0 Å². The smallest absolute Gasteiger partial charge is 0.349 e. The fraction of sp³-hybridized carbons (Fsp3) is 0.244. The molecule has 0 amide bonds. The number of aliphatic imine (C=N–C) groups is 2. The predicted octanol–water partition coefficient (Wildman–Crippen LogP) is 8.50. The molecule has 2 aliphatic rings. The van der Waals surface area contributed by atoms with Crippen molar-refractivity contribution in [3.8, 4) is 11.8 Å². The number of hydrogen-bond acceptors (Lipinski definition) is 27. The maximum atomic E-state index is 12.0. The van der Waals surface area contributed by atoms with Crippen LogP contribution in [-0.2, 0) is 86.6 Å². The number of non-ortho nitro benzene ring substituents is 1. The van der Waals surface area contributed by atoms with Crippen LogP contribution in [0.3, 0.4) is 0 Å². The van der Waals surface area contributed by atoms with Gasteiger partial charge >= 0.3 is 5.69 Å². The minimum absolute atomic E-state index is 0.0368. The summed E-state index contributed by atoms with van der Waals surface area (Å²) < 4.78 is 16.9. The molecule has 6 N–H and O–H groups in total. The van der Waals surface area contributed by atoms with Gasteiger partial charge in [0.2, 0.25) is 6.29 Å². The molecule has 0 bridgehead atoms. The molecule has 13 aromatic heterocycles. The maximum absolute atomic E-state index is 12.0. The third kappa shape index (κ3) is 23.2. The minimum Gasteiger partial charge on any atom is -0.383 e. The minimum atomic E-state index is -0.417. The van der Waals surface area contributed by atoms with E-state index in [-0.39, 0.29) is 44.2 Å². The number of nitrogen functional groups attached to an aromatic ring is 1. The Labute approximate surface area is 724 Å². The highest BCUT2D eigenvalue weighted by molar-refractivity contribution is 6.02. The Morgan fingerprint density at radius 3 is 1.96 bits per heavy atom. The van der Waals surface area contributed by atoms with E-state index < -0.39 is 11.2 Å². The van der Waals surface area contributed by atoms with Gasteiger partial charge in [-0.15, -0.1) is 5.92 Å². The van der Waals surface area contributed by atoms with Gasteiger partial charge in [0.1, 0.15) is 35.5 Å². The number of benzene rings is 4. The molecule has 0 saturated carbocycles. The van der Waals surface area contributed by atoms with E-state index in [1.54, 1.807) is 158 Å². The van der Waals surface area contributed by atoms with Crippen molar-refractivity contribution in [1.82, 2.24) is 111 Å². The zero-order valence-electron chi connectivity index (χ0n) is 73.1. The van der Waals surface area contributed by atoms with Crippen LogP contribution in [0.4, 0.5) is 28.8 Å². The molecule has 41 heteroatoms. The van der Waals surface area contributed by atoms with Gasteiger partial charge in [-0.05, 0) is 91.9 Å². The number of aromatic amines is 1. The average molecular weight is 1730 g/mol. The second-order valence-corrected chi connectivity index (χ2v) is 29.0. The van der Waals surface area contributed by atoms with Crippen LogP contribution in [0.5, 0.6) is 0 Å². The van der Waals surface area contributed by atoms with Gasteiger partial charge in [0.25, 0.3) is 33.6 Å². The number of pyridine rings is 3. The Morgan fingerprint density at radius 1 is 0.638 bits per heavy atom. The van der Waals surface area contributed by atoms with E-state index >= 15 is 0 Å². The molecule has 0 saturated heterocycles. The van der Waals surface area contributed by atoms with Gasteiger partial charge in [0, 0.05) is 180 Å². The molecule has 0 spiro atoms. The van der Waals surface area contributed by atoms with Crippen LogP contribution in [0.15, 0.2) is 219 Å². The monoisotopic (exact) mass is 1720 g/mol. The lowest BCUT2D eigenvalue weighted by Gasteiger charge is -2.21. The van der Waals surface area contributed by atoms with Crippen molar-refractivity contribution in [1.29, 1.82) is 0 Å². The third-order valence-electron chi connectivity index (χ3n) is 19.3. The lowest BCUT2D eigenvalue weighted by molar-refractivity contribution is -0.384. The summed E-state index contributed by atoms with van der Waals surface area (Å²) in [5, 5.41) is 34.8. The second-order valence-electron chi connectivity index (χ2n) is 29.0. The lowest BCUT2D eigenvalue weighted by atomic mass is 10.0. The van der Waals surface area contributed by atoms with Crippen LogP contribution in [0.25, 0.3) is 76.6 Å². The van der Waals surface area contributed by atoms with E-state index in [0.29, 0.717) is 40.9 Å². The summed E-state index contributed by atoms with van der Waals surface area (Å²) in [7, 11) is 23.4. The highest BCUT2D eigenvalue weighted by Gasteiger charge is 2.24. The number of anilines is 3. The van der Waals surface area contributed by atoms with E-state index in [4.69, 9.17) is 15.4 Å². The average Bonchev–Trinajstić information content (AvgIpc) is 1.53. The standard InChI is InChI=1S/C14H13NO.C12H13NO.C11H11NO.C10H17N7O.C9H8N2O2.C7H9N3O2.C6H7N5.C6H6N4O.C6H6N4.C5H6N2O2/c1-4-6-11-9-15(3)14(16)13-10(2)7-5-8-12(11)13;1-8-4-5-10-6-7-13(3)12(14)11(10)9(8)2;1-8-4-3-5-9-6-7-12(2)11(13)10(8)9;1-16(2)5-12-10-13-8(15-18-4)7-9(14-10)17(3)6-11-7;1-10-5-4-7-6-8(11(12)13)2-3-9(7)10;1-10-4-5-2-3-12-9-6(5)8-7(10)11;1-11-2-4-5(7)8-3-9-6(4)10-11;1-10-3-9-4-5(10)7-2-8-6(4)11;1-10-4-9-5-2-7-3-8-6(5)10;1-6-3-2-5(4-6)7(8)9/h5,7-9H,1-3H3;4-7H,1-3H3;3-7H,1-2H3;5-6,10,14H,1-4H3,(H,13,15);2-6H,1H3;4H,2-3H2,1H3,(H,8,9,11);2-3H,1H3,(H2,7,8,9,10);2-3H,1H3,(H,7,8,11);2-4H,1H3;2-4H,1H3. The number of nitrogens with zero attached hydrogens (tertiary/aromatic N) is 25. The Balaban J connectivity index is 0.000000148. The largest absolute Gasteiger partial charge is 0.383 e. The molecule has 17 aromatic rings. The zero-order valence-corrected chi connectivity index (χ0v) is 73.1. The van der Waals surface area contributed by atoms with Crippen molar-refractivity contribution < 1.29 is 19.5 Å². The summed E-state index contributed by atoms with van der Waals surface area (Å²) in [6, 6.07) is 27.9. The molecule has 656 valence electrons. The molecule has 41 nitrogen and oxygen atoms in total. The van der Waals surface area contributed by atoms with Gasteiger partial charge < -0.3 is 62.0 Å². The topological polar surface area (TPSA) is 474 Å². The van der Waals surface area contributed by atoms with E-state index in [2.05, 4.69) is 99.1 Å². The molecule has 19 rings (SSSR count). The number of fused-ring (bicyclic) bond motifs is 9. The van der Waals surface area contributed by atoms with Gasteiger partial charge in [0.15, 0.2) is 34.1 Å². The maximum Gasteiger partial charge on any atom is 0.349 e. The number of nitro benzene ring substituents is 1. The molecule has 1 atom stereocenters. The quantitative estimate of drug-likeness (QED) is 0.0354. The van der Waals surface area contributed by atoms with Crippen molar-refractivity contribution in [2.75, 3.05) is 44.3 Å². The fourth-order valence-corrected chi connectivity index (χ4v) is 12.6. The molecule has 15 heterocycles. The molecule has 4 aromatic carbocycles. The second kappa shape index (κ2) is 42.3. The van der Waals surface area contributed by atoms with Gasteiger partial charge in [-0.25, -0.2) is 65.6 Å². The summed E-state index contributed by atoms with van der Waals surface area (Å²) in [4.78, 5) is 136. The summed E-state index contributed by atoms with van der Waals surface area (Å²) in [5.41, 5.74) is 22.2. The zero-order chi connectivity index (χ0) is 92.0. The molecule has 0 fully saturated rings. The van der Waals surface area contributed by atoms with Gasteiger partial charge in [-0.3, -0.25) is 53.8 Å². The summed E-state index contributed by atoms with van der Waals surface area (Å²) in [6.45, 7) is 10.4. The van der Waals surface area contributed by atoms with Gasteiger partial charge in [-0.2, -0.15) is 10.1 Å². The summed E-state index contributed by atoms with van der Waals surface area (Å²) in [6.07, 6.45) is 27.0. The van der Waals surface area contributed by atoms with Crippen LogP contribution in [0.2, 0.25) is 0 Å². The first-order chi connectivity index (χ1) is 60.7. The lowest BCUT2D eigenvalue weighted by Crippen LogP contribution is -2.33. The van der Waals surface area contributed by atoms with Crippen LogP contribution in [0, 0.1) is 59.8 Å². The van der Waals surface area contributed by atoms with Gasteiger partial charge in [0.05, 0.1) is 89.1 Å². The Bertz CT molecular complexity index is 7280. The number of imidazole rings is 3. The number of nitrogens with two attached hydrogens (primary N) is 1. The van der Waals surface area contributed by atoms with Crippen molar-refractivity contribution in [2.24, 2.45) is 80.5 Å². The Kier molecular flexibility index (Phi) is 30.9. The molecule has 0 aliphatic carbocycles. The molecule has 2 aliphatic heterocycles. The number of H-pyrrole nitrogens is 1. The van der Waals surface area contributed by atoms with Crippen molar-refractivity contribution in [2.45, 2.75) is 47.3 Å². The number of nitrogens with one attached hydrogen (secondary N) is 4. The molecule has 0 radical (unpaired) electrons. The normalized spacial score (nSPS) is 12.0. The number of nitro groups is 2. The fourth-order valence-electron chi connectivity index (χ4n) is 12.6. The van der Waals surface area contributed by atoms with Crippen molar-refractivity contribution in [3.63, 3.8) is 0 Å². The highest BCUT2D eigenvalue weighted by atomic mass is 16.6. The molecule has 1 unspecified atom stereocenters. The first-order valence-corrected chi connectivity index (χ1v) is 38.9. The predicted molar refractivity (Wildman–Crippen MR) is 489 cm³/mol. The van der Waals surface area contributed by atoms with Crippen molar-refractivity contribution in [3.05, 3.63) is 296 Å². The van der Waals surface area contributed by atoms with Crippen LogP contribution < -0.4 is 49.9 Å². The van der Waals surface area contributed by atoms with E-state index in [9.17, 15) is 44.2 Å². The van der Waals surface area contributed by atoms with E-state index in [1.165, 1.54) is 54.6 Å². The first-order valence-electron chi connectivity index (χ1n) is 38.9. The number of aryl methyl sites for hydroxylation is 14. The third-order valence-corrected chi connectivity index (χ3v) is 19.3. The number of rotatable bonds is 5. The number of hydrogen-bond donors (Lipinski definition) is 5. The van der Waals surface area contributed by atoms with Crippen LogP contribution in [-0.4, -0.2) is 162 Å². The number of hydroxylamine groups is 1. The Hall–Kier alpha value is -16.5. The van der Waals surface area contributed by atoms with Crippen molar-refractivity contribution >= 4 is 118 Å². The van der Waals surface area contributed by atoms with E-state index in [1.807, 2.05) is 155 Å². The SMILES string of the molecule is CC#Cc1cn(C)c(=O)c2c(C)cccc12.CONC1=NC(N=CN(C)C)Nc2c1ncn2C.Cc1ccc2ccn(C)c(=O)c2c1C.Cc1cccc2ccn(C)c(=O)c12.Cn1cc2c(N)ncnc2n1.Cn1cc2c(nc1=O)NOCC2.Cn1ccc([N+](=O)[O-])c1.Cn1ccc2cc([N+](=O)[O-])ccc21.Cn1cnc2c(=O)[nH]cnc21.Cn1cnc2cncnc21. The first kappa shape index (κ1) is 92.8. The number of amidine groups is 1. The van der Waals surface area contributed by atoms with Crippen LogP contribution >= 0.6 is 0 Å². The van der Waals surface area contributed by atoms with Gasteiger partial charge in [-0.1, -0.05) is 54.5 Å².